The van der Waals surface area contributed by atoms with Crippen LogP contribution in [0.5, 0.6) is 0 Å². The number of aliphatic hydroxyl groups excluding tert-OH is 2. The van der Waals surface area contributed by atoms with E-state index in [2.05, 4.69) is 15.4 Å². The van der Waals surface area contributed by atoms with Crippen LogP contribution in [-0.4, -0.2) is 64.4 Å². The number of aliphatic hydroxyl groups is 2. The lowest BCUT2D eigenvalue weighted by molar-refractivity contribution is 0.0268. The van der Waals surface area contributed by atoms with E-state index in [1.807, 2.05) is 0 Å². The number of benzene rings is 1. The second-order valence-corrected chi connectivity index (χ2v) is 13.0. The predicted octanol–water partition coefficient (Wildman–Crippen LogP) is 2.94. The number of aromatic nitrogens is 3. The predicted molar refractivity (Wildman–Crippen MR) is 133 cm³/mol. The summed E-state index contributed by atoms with van der Waals surface area (Å²) in [6.07, 6.45) is -0.150. The molecule has 0 saturated heterocycles. The molecule has 1 aliphatic carbocycles. The molecule has 0 bridgehead atoms. The maximum absolute atomic E-state index is 14.2. The summed E-state index contributed by atoms with van der Waals surface area (Å²) in [5.74, 6) is -1.77. The number of nitrogens with zero attached hydrogens (tertiary/aromatic N) is 3. The third-order valence-electron chi connectivity index (χ3n) is 5.80. The van der Waals surface area contributed by atoms with E-state index < -0.39 is 52.0 Å². The summed E-state index contributed by atoms with van der Waals surface area (Å²) in [6.45, 7) is 1.10. The Bertz CT molecular complexity index is 1450. The zero-order valence-electron chi connectivity index (χ0n) is 19.2. The molecule has 2 aromatic heterocycles. The van der Waals surface area contributed by atoms with Gasteiger partial charge in [-0.05, 0) is 24.6 Å². The minimum absolute atomic E-state index is 0.00897. The molecule has 12 nitrogen and oxygen atoms in total. The number of halogens is 2. The Morgan fingerprint density at radius 2 is 1.95 bits per heavy atom. The van der Waals surface area contributed by atoms with Crippen molar-refractivity contribution < 1.29 is 42.9 Å². The van der Waals surface area contributed by atoms with Crippen molar-refractivity contribution >= 4 is 43.5 Å². The van der Waals surface area contributed by atoms with Gasteiger partial charge in [-0.25, -0.2) is 14.1 Å². The molecule has 37 heavy (non-hydrogen) atoms. The maximum Gasteiger partial charge on any atom is 0.340 e. The number of anilines is 1. The van der Waals surface area contributed by atoms with Gasteiger partial charge in [0.25, 0.3) is 0 Å². The molecule has 3 aromatic rings. The average molecular weight is 577 g/mol. The zero-order chi connectivity index (χ0) is 27.1. The summed E-state index contributed by atoms with van der Waals surface area (Å²) in [6, 6.07) is 6.41. The van der Waals surface area contributed by atoms with Gasteiger partial charge in [0.05, 0.1) is 29.9 Å². The van der Waals surface area contributed by atoms with Crippen molar-refractivity contribution in [2.75, 3.05) is 17.8 Å². The van der Waals surface area contributed by atoms with Crippen LogP contribution in [0.4, 0.5) is 10.1 Å². The van der Waals surface area contributed by atoms with Crippen LogP contribution >= 0.6 is 26.8 Å². The Balaban J connectivity index is 1.61. The highest BCUT2D eigenvalue weighted by Crippen LogP contribution is 2.55. The minimum Gasteiger partial charge on any atom is -0.387 e. The third kappa shape index (κ3) is 6.28. The lowest BCUT2D eigenvalue weighted by Crippen LogP contribution is -2.30. The second-order valence-electron chi connectivity index (χ2n) is 8.59. The van der Waals surface area contributed by atoms with Crippen molar-refractivity contribution in [3.8, 4) is 0 Å². The van der Waals surface area contributed by atoms with Gasteiger partial charge in [-0.1, -0.05) is 35.9 Å². The maximum atomic E-state index is 14.2. The van der Waals surface area contributed by atoms with Gasteiger partial charge in [0.15, 0.2) is 11.6 Å². The normalized spacial score (nSPS) is 22.6. The van der Waals surface area contributed by atoms with Gasteiger partial charge < -0.3 is 34.7 Å². The molecule has 2 heterocycles. The van der Waals surface area contributed by atoms with Crippen LogP contribution in [-0.2, 0) is 13.7 Å². The molecule has 16 heteroatoms. The molecule has 5 atom stereocenters. The Morgan fingerprint density at radius 3 is 2.62 bits per heavy atom. The first-order valence-corrected chi connectivity index (χ1v) is 14.8. The molecule has 1 aliphatic rings. The van der Waals surface area contributed by atoms with Crippen molar-refractivity contribution in [3.05, 3.63) is 64.7 Å². The lowest BCUT2D eigenvalue weighted by Gasteiger charge is -2.19. The molecule has 0 radical (unpaired) electrons. The van der Waals surface area contributed by atoms with Crippen LogP contribution in [0, 0.1) is 5.82 Å². The molecule has 200 valence electrons. The van der Waals surface area contributed by atoms with Crippen molar-refractivity contribution in [2.45, 2.75) is 31.2 Å². The number of fused-ring (bicyclic) bond motifs is 1. The Labute approximate surface area is 215 Å². The Kier molecular flexibility index (Phi) is 7.92. The minimum atomic E-state index is -4.83. The standard InChI is InChI=1S/C21H24ClFN4O8P2/c1-11(13-4-2-3-5-15(13)23)25-16-7-18(22)26-21-14(16)8-24-27(21)17-6-12(19(28)20(17)29)9-35-37(33,34)10-36(30,31)32/h2-8,11,17,19-20,28-29H,9-10H2,1H3,(H,25,26)(H,33,34)(H2,30,31,32)/t11-,17+,19+,20-/m0/s1. The molecular formula is C21H24ClFN4O8P2. The fraction of sp³-hybridized carbons (Fsp3) is 0.333. The number of nitrogens with one attached hydrogen (secondary N) is 1. The van der Waals surface area contributed by atoms with Gasteiger partial charge in [0, 0.05) is 5.56 Å². The van der Waals surface area contributed by atoms with Crippen LogP contribution in [0.2, 0.25) is 5.15 Å². The molecule has 1 aromatic carbocycles. The Hall–Kier alpha value is -2.18. The SMILES string of the molecule is C[C@H](Nc1cc(Cl)nc2c1cnn2[C@@H]1C=C(COP(=O)(O)CP(=O)(O)O)[C@@H](O)[C@H]1O)c1ccccc1F. The number of rotatable bonds is 9. The van der Waals surface area contributed by atoms with Crippen molar-refractivity contribution in [2.24, 2.45) is 0 Å². The molecule has 0 fully saturated rings. The smallest absolute Gasteiger partial charge is 0.340 e. The largest absolute Gasteiger partial charge is 0.387 e. The average Bonchev–Trinajstić information content (AvgIpc) is 3.32. The van der Waals surface area contributed by atoms with Gasteiger partial charge in [0.1, 0.15) is 29.2 Å². The molecule has 0 aliphatic heterocycles. The van der Waals surface area contributed by atoms with Crippen LogP contribution < -0.4 is 5.32 Å². The summed E-state index contributed by atoms with van der Waals surface area (Å²) in [5.41, 5.74) is 1.17. The summed E-state index contributed by atoms with van der Waals surface area (Å²) in [5, 5.41) is 29.1. The number of pyridine rings is 1. The highest BCUT2D eigenvalue weighted by atomic mass is 35.5. The Morgan fingerprint density at radius 1 is 1.24 bits per heavy atom. The molecule has 0 saturated carbocycles. The number of hydrogen-bond acceptors (Lipinski definition) is 8. The molecule has 6 N–H and O–H groups in total. The number of hydrogen-bond donors (Lipinski definition) is 6. The fourth-order valence-corrected chi connectivity index (χ4v) is 6.81. The topological polar surface area (TPSA) is 187 Å². The van der Waals surface area contributed by atoms with E-state index >= 15 is 0 Å². The molecule has 0 spiro atoms. The molecular weight excluding hydrogens is 553 g/mol. The fourth-order valence-electron chi connectivity index (χ4n) is 4.08. The highest BCUT2D eigenvalue weighted by Gasteiger charge is 2.39. The van der Waals surface area contributed by atoms with E-state index in [-0.39, 0.29) is 22.2 Å². The quantitative estimate of drug-likeness (QED) is 0.125. The van der Waals surface area contributed by atoms with Gasteiger partial charge in [0.2, 0.25) is 0 Å². The zero-order valence-corrected chi connectivity index (χ0v) is 21.8. The van der Waals surface area contributed by atoms with Gasteiger partial charge in [-0.2, -0.15) is 5.10 Å². The first-order chi connectivity index (χ1) is 17.3. The first-order valence-electron chi connectivity index (χ1n) is 10.9. The second kappa shape index (κ2) is 10.5. The summed E-state index contributed by atoms with van der Waals surface area (Å²) < 4.78 is 43.3. The summed E-state index contributed by atoms with van der Waals surface area (Å²) >= 11 is 6.23. The van der Waals surface area contributed by atoms with E-state index in [9.17, 15) is 28.6 Å². The van der Waals surface area contributed by atoms with Crippen molar-refractivity contribution in [1.29, 1.82) is 0 Å². The van der Waals surface area contributed by atoms with E-state index in [0.29, 0.717) is 16.6 Å². The van der Waals surface area contributed by atoms with Crippen LogP contribution in [0.25, 0.3) is 11.0 Å². The highest BCUT2D eigenvalue weighted by molar-refractivity contribution is 7.70. The third-order valence-corrected chi connectivity index (χ3v) is 9.43. The van der Waals surface area contributed by atoms with Gasteiger partial charge in [-0.15, -0.1) is 0 Å². The summed E-state index contributed by atoms with van der Waals surface area (Å²) in [7, 11) is -9.50. The summed E-state index contributed by atoms with van der Waals surface area (Å²) in [4.78, 5) is 31.8. The van der Waals surface area contributed by atoms with Crippen molar-refractivity contribution in [3.63, 3.8) is 0 Å². The van der Waals surface area contributed by atoms with E-state index in [1.165, 1.54) is 23.0 Å². The van der Waals surface area contributed by atoms with E-state index in [4.69, 9.17) is 25.9 Å². The van der Waals surface area contributed by atoms with Crippen LogP contribution in [0.3, 0.4) is 0 Å². The molecule has 0 amide bonds. The van der Waals surface area contributed by atoms with Gasteiger partial charge >= 0.3 is 15.2 Å². The first kappa shape index (κ1) is 27.8. The van der Waals surface area contributed by atoms with Crippen LogP contribution in [0.15, 0.2) is 48.2 Å². The van der Waals surface area contributed by atoms with Gasteiger partial charge in [-0.3, -0.25) is 9.13 Å². The van der Waals surface area contributed by atoms with Crippen molar-refractivity contribution in [1.82, 2.24) is 14.8 Å². The monoisotopic (exact) mass is 576 g/mol. The van der Waals surface area contributed by atoms with E-state index in [1.54, 1.807) is 31.2 Å². The van der Waals surface area contributed by atoms with Crippen LogP contribution in [0.1, 0.15) is 24.6 Å². The molecule has 1 unspecified atom stereocenters. The lowest BCUT2D eigenvalue weighted by atomic mass is 10.1. The molecule has 4 rings (SSSR count). The van der Waals surface area contributed by atoms with E-state index in [0.717, 1.165) is 0 Å².